The van der Waals surface area contributed by atoms with Crippen LogP contribution in [-0.4, -0.2) is 23.8 Å². The van der Waals surface area contributed by atoms with Crippen molar-refractivity contribution in [3.05, 3.63) is 65.2 Å². The summed E-state index contributed by atoms with van der Waals surface area (Å²) in [5.41, 5.74) is 2.77. The standard InChI is InChI=1S/C23H27N3O3/c1-16-11-13-17(14-12-16)15-24-21(27)19-9-5-6-10-20(19)26-23(29)22(28)25-18-7-3-2-4-8-18/h5-6,9-14,18H,2-4,7-8,15H2,1H3,(H,24,27)(H,25,28)(H,26,29). The summed E-state index contributed by atoms with van der Waals surface area (Å²) in [5.74, 6) is -1.73. The smallest absolute Gasteiger partial charge is 0.313 e. The lowest BCUT2D eigenvalue weighted by Crippen LogP contribution is -2.42. The molecule has 0 saturated heterocycles. The van der Waals surface area contributed by atoms with Crippen LogP contribution in [-0.2, 0) is 16.1 Å². The predicted molar refractivity (Wildman–Crippen MR) is 112 cm³/mol. The molecule has 0 heterocycles. The van der Waals surface area contributed by atoms with E-state index in [-0.39, 0.29) is 11.9 Å². The van der Waals surface area contributed by atoms with Crippen LogP contribution in [0.5, 0.6) is 0 Å². The second-order valence-electron chi connectivity index (χ2n) is 7.48. The van der Waals surface area contributed by atoms with E-state index in [2.05, 4.69) is 16.0 Å². The van der Waals surface area contributed by atoms with Crippen molar-refractivity contribution in [3.8, 4) is 0 Å². The number of nitrogens with one attached hydrogen (secondary N) is 3. The lowest BCUT2D eigenvalue weighted by atomic mass is 9.95. The first-order valence-corrected chi connectivity index (χ1v) is 10.1. The van der Waals surface area contributed by atoms with E-state index in [0.717, 1.165) is 36.8 Å². The number of carbonyl (C=O) groups excluding carboxylic acids is 3. The average molecular weight is 393 g/mol. The number of anilines is 1. The molecule has 0 radical (unpaired) electrons. The maximum absolute atomic E-state index is 12.6. The SMILES string of the molecule is Cc1ccc(CNC(=O)c2ccccc2NC(=O)C(=O)NC2CCCCC2)cc1. The number of rotatable bonds is 5. The molecule has 152 valence electrons. The van der Waals surface area contributed by atoms with Crippen LogP contribution >= 0.6 is 0 Å². The zero-order chi connectivity index (χ0) is 20.6. The van der Waals surface area contributed by atoms with Gasteiger partial charge in [0.1, 0.15) is 0 Å². The van der Waals surface area contributed by atoms with Crippen LogP contribution in [0.15, 0.2) is 48.5 Å². The molecule has 3 N–H and O–H groups in total. The molecular weight excluding hydrogens is 366 g/mol. The maximum Gasteiger partial charge on any atom is 0.313 e. The molecule has 6 heteroatoms. The van der Waals surface area contributed by atoms with Crippen molar-refractivity contribution in [2.45, 2.75) is 51.6 Å². The van der Waals surface area contributed by atoms with Crippen molar-refractivity contribution in [1.82, 2.24) is 10.6 Å². The molecule has 0 spiro atoms. The van der Waals surface area contributed by atoms with Gasteiger partial charge in [0.25, 0.3) is 5.91 Å². The van der Waals surface area contributed by atoms with E-state index in [1.54, 1.807) is 24.3 Å². The lowest BCUT2D eigenvalue weighted by molar-refractivity contribution is -0.136. The average Bonchev–Trinajstić information content (AvgIpc) is 2.74. The van der Waals surface area contributed by atoms with Crippen molar-refractivity contribution in [1.29, 1.82) is 0 Å². The van der Waals surface area contributed by atoms with E-state index in [9.17, 15) is 14.4 Å². The maximum atomic E-state index is 12.6. The normalized spacial score (nSPS) is 14.1. The van der Waals surface area contributed by atoms with Crippen LogP contribution in [0.1, 0.15) is 53.6 Å². The molecule has 2 aromatic carbocycles. The summed E-state index contributed by atoms with van der Waals surface area (Å²) >= 11 is 0. The van der Waals surface area contributed by atoms with Gasteiger partial charge >= 0.3 is 11.8 Å². The third-order valence-electron chi connectivity index (χ3n) is 5.14. The minimum absolute atomic E-state index is 0.0510. The summed E-state index contributed by atoms with van der Waals surface area (Å²) in [5, 5.41) is 8.21. The van der Waals surface area contributed by atoms with Gasteiger partial charge in [-0.05, 0) is 37.5 Å². The molecule has 0 aromatic heterocycles. The molecule has 1 aliphatic rings. The Hall–Kier alpha value is -3.15. The largest absolute Gasteiger partial charge is 0.348 e. The molecule has 2 aromatic rings. The van der Waals surface area contributed by atoms with Gasteiger partial charge in [0.2, 0.25) is 0 Å². The van der Waals surface area contributed by atoms with E-state index >= 15 is 0 Å². The zero-order valence-corrected chi connectivity index (χ0v) is 16.7. The molecule has 1 aliphatic carbocycles. The Bertz CT molecular complexity index is 871. The molecule has 3 amide bonds. The summed E-state index contributed by atoms with van der Waals surface area (Å²) in [6.45, 7) is 2.38. The summed E-state index contributed by atoms with van der Waals surface area (Å²) in [7, 11) is 0. The van der Waals surface area contributed by atoms with E-state index < -0.39 is 11.8 Å². The topological polar surface area (TPSA) is 87.3 Å². The molecule has 3 rings (SSSR count). The fraction of sp³-hybridized carbons (Fsp3) is 0.348. The van der Waals surface area contributed by atoms with Gasteiger partial charge in [0.15, 0.2) is 0 Å². The van der Waals surface area contributed by atoms with Crippen LogP contribution < -0.4 is 16.0 Å². The van der Waals surface area contributed by atoms with E-state index in [1.165, 1.54) is 6.42 Å². The van der Waals surface area contributed by atoms with Gasteiger partial charge in [-0.15, -0.1) is 0 Å². The molecule has 29 heavy (non-hydrogen) atoms. The van der Waals surface area contributed by atoms with Crippen molar-refractivity contribution in [2.24, 2.45) is 0 Å². The van der Waals surface area contributed by atoms with E-state index in [0.29, 0.717) is 17.8 Å². The molecule has 0 aliphatic heterocycles. The second kappa shape index (κ2) is 9.87. The molecule has 0 bridgehead atoms. The highest BCUT2D eigenvalue weighted by Crippen LogP contribution is 2.18. The van der Waals surface area contributed by atoms with Crippen LogP contribution in [0.3, 0.4) is 0 Å². The summed E-state index contributed by atoms with van der Waals surface area (Å²) in [6.07, 6.45) is 5.10. The minimum atomic E-state index is -0.755. The Morgan fingerprint density at radius 3 is 2.31 bits per heavy atom. The van der Waals surface area contributed by atoms with Crippen molar-refractivity contribution < 1.29 is 14.4 Å². The Balaban J connectivity index is 1.60. The number of hydrogen-bond acceptors (Lipinski definition) is 3. The minimum Gasteiger partial charge on any atom is -0.348 e. The highest BCUT2D eigenvalue weighted by atomic mass is 16.2. The number of carbonyl (C=O) groups is 3. The number of hydrogen-bond donors (Lipinski definition) is 3. The van der Waals surface area contributed by atoms with Crippen molar-refractivity contribution in [2.75, 3.05) is 5.32 Å². The number of amides is 3. The highest BCUT2D eigenvalue weighted by molar-refractivity contribution is 6.40. The first kappa shape index (κ1) is 20.6. The van der Waals surface area contributed by atoms with Crippen molar-refractivity contribution >= 4 is 23.4 Å². The summed E-state index contributed by atoms with van der Waals surface area (Å²) < 4.78 is 0. The monoisotopic (exact) mass is 393 g/mol. The molecule has 1 fully saturated rings. The van der Waals surface area contributed by atoms with Gasteiger partial charge in [0, 0.05) is 12.6 Å². The molecule has 1 saturated carbocycles. The van der Waals surface area contributed by atoms with Gasteiger partial charge in [-0.3, -0.25) is 14.4 Å². The van der Waals surface area contributed by atoms with Gasteiger partial charge in [0.05, 0.1) is 11.3 Å². The van der Waals surface area contributed by atoms with Crippen LogP contribution in [0, 0.1) is 6.92 Å². The van der Waals surface area contributed by atoms with E-state index in [1.807, 2.05) is 31.2 Å². The zero-order valence-electron chi connectivity index (χ0n) is 16.7. The van der Waals surface area contributed by atoms with Gasteiger partial charge < -0.3 is 16.0 Å². The van der Waals surface area contributed by atoms with Gasteiger partial charge in [-0.2, -0.15) is 0 Å². The predicted octanol–water partition coefficient (Wildman–Crippen LogP) is 3.31. The van der Waals surface area contributed by atoms with Crippen molar-refractivity contribution in [3.63, 3.8) is 0 Å². The second-order valence-corrected chi connectivity index (χ2v) is 7.48. The summed E-state index contributed by atoms with van der Waals surface area (Å²) in [6, 6.07) is 14.6. The quantitative estimate of drug-likeness (QED) is 0.681. The van der Waals surface area contributed by atoms with Crippen LogP contribution in [0.4, 0.5) is 5.69 Å². The first-order valence-electron chi connectivity index (χ1n) is 10.1. The summed E-state index contributed by atoms with van der Waals surface area (Å²) in [4.78, 5) is 37.1. The lowest BCUT2D eigenvalue weighted by Gasteiger charge is -2.22. The Morgan fingerprint density at radius 1 is 0.897 bits per heavy atom. The Labute approximate surface area is 171 Å². The Morgan fingerprint density at radius 2 is 1.59 bits per heavy atom. The fourth-order valence-electron chi connectivity index (χ4n) is 3.45. The molecule has 0 unspecified atom stereocenters. The van der Waals surface area contributed by atoms with Crippen LogP contribution in [0.2, 0.25) is 0 Å². The first-order chi connectivity index (χ1) is 14.0. The molecular formula is C23H27N3O3. The Kier molecular flexibility index (Phi) is 7.00. The molecule has 6 nitrogen and oxygen atoms in total. The van der Waals surface area contributed by atoms with E-state index in [4.69, 9.17) is 0 Å². The fourth-order valence-corrected chi connectivity index (χ4v) is 3.45. The molecule has 0 atom stereocenters. The highest BCUT2D eigenvalue weighted by Gasteiger charge is 2.22. The van der Waals surface area contributed by atoms with Gasteiger partial charge in [-0.1, -0.05) is 61.2 Å². The number of benzene rings is 2. The number of aryl methyl sites for hydroxylation is 1. The third kappa shape index (κ3) is 5.91. The van der Waals surface area contributed by atoms with Gasteiger partial charge in [-0.25, -0.2) is 0 Å². The third-order valence-corrected chi connectivity index (χ3v) is 5.14. The van der Waals surface area contributed by atoms with Crippen LogP contribution in [0.25, 0.3) is 0 Å². The number of para-hydroxylation sites is 1.